The molecule has 0 bridgehead atoms. The van der Waals surface area contributed by atoms with Gasteiger partial charge in [-0.05, 0) is 26.2 Å². The SMILES string of the molecule is CSCC(C)(O)CNCc1cc(C)ccc1O. The number of hydrogen-bond acceptors (Lipinski definition) is 4. The Morgan fingerprint density at radius 1 is 1.41 bits per heavy atom. The molecule has 0 fully saturated rings. The lowest BCUT2D eigenvalue weighted by atomic mass is 10.1. The van der Waals surface area contributed by atoms with Crippen LogP contribution in [0.4, 0.5) is 0 Å². The maximum Gasteiger partial charge on any atom is 0.120 e. The van der Waals surface area contributed by atoms with Gasteiger partial charge >= 0.3 is 0 Å². The normalized spacial score (nSPS) is 14.6. The first-order valence-electron chi connectivity index (χ1n) is 5.65. The largest absolute Gasteiger partial charge is 0.508 e. The molecule has 0 aromatic heterocycles. The Morgan fingerprint density at radius 2 is 2.12 bits per heavy atom. The van der Waals surface area contributed by atoms with Crippen LogP contribution < -0.4 is 5.32 Å². The molecule has 0 aliphatic rings. The number of aromatic hydroxyl groups is 1. The molecule has 0 radical (unpaired) electrons. The van der Waals surface area contributed by atoms with Crippen molar-refractivity contribution >= 4 is 11.8 Å². The third-order valence-electron chi connectivity index (χ3n) is 2.51. The molecule has 0 saturated heterocycles. The molecule has 0 spiro atoms. The predicted octanol–water partition coefficient (Wildman–Crippen LogP) is 1.90. The van der Waals surface area contributed by atoms with Crippen molar-refractivity contribution in [1.82, 2.24) is 5.32 Å². The van der Waals surface area contributed by atoms with Crippen LogP contribution in [0.15, 0.2) is 18.2 Å². The van der Waals surface area contributed by atoms with Crippen LogP contribution in [0.2, 0.25) is 0 Å². The summed E-state index contributed by atoms with van der Waals surface area (Å²) in [5, 5.41) is 22.8. The van der Waals surface area contributed by atoms with E-state index in [-0.39, 0.29) is 0 Å². The second-order valence-corrected chi connectivity index (χ2v) is 5.53. The van der Waals surface area contributed by atoms with E-state index in [2.05, 4.69) is 5.32 Å². The summed E-state index contributed by atoms with van der Waals surface area (Å²) in [6.45, 7) is 4.89. The van der Waals surface area contributed by atoms with Crippen molar-refractivity contribution in [2.24, 2.45) is 0 Å². The molecular weight excluding hydrogens is 234 g/mol. The molecular formula is C13H21NO2S. The Hall–Kier alpha value is -0.710. The molecule has 3 nitrogen and oxygen atoms in total. The van der Waals surface area contributed by atoms with Gasteiger partial charge in [-0.3, -0.25) is 0 Å². The van der Waals surface area contributed by atoms with Crippen molar-refractivity contribution < 1.29 is 10.2 Å². The van der Waals surface area contributed by atoms with Crippen LogP contribution in [0.5, 0.6) is 5.75 Å². The number of benzene rings is 1. The van der Waals surface area contributed by atoms with E-state index in [0.29, 0.717) is 24.6 Å². The molecule has 0 saturated carbocycles. The lowest BCUT2D eigenvalue weighted by Gasteiger charge is -2.22. The summed E-state index contributed by atoms with van der Waals surface area (Å²) in [5.41, 5.74) is 1.28. The molecule has 1 rings (SSSR count). The smallest absolute Gasteiger partial charge is 0.120 e. The van der Waals surface area contributed by atoms with Crippen molar-refractivity contribution in [3.63, 3.8) is 0 Å². The van der Waals surface area contributed by atoms with Gasteiger partial charge in [-0.2, -0.15) is 11.8 Å². The minimum absolute atomic E-state index is 0.299. The summed E-state index contributed by atoms with van der Waals surface area (Å²) in [6, 6.07) is 5.53. The highest BCUT2D eigenvalue weighted by molar-refractivity contribution is 7.98. The summed E-state index contributed by atoms with van der Waals surface area (Å²) in [6.07, 6.45) is 1.97. The third-order valence-corrected chi connectivity index (χ3v) is 3.42. The van der Waals surface area contributed by atoms with Gasteiger partial charge in [-0.15, -0.1) is 0 Å². The van der Waals surface area contributed by atoms with Crippen molar-refractivity contribution in [1.29, 1.82) is 0 Å². The minimum atomic E-state index is -0.709. The van der Waals surface area contributed by atoms with Gasteiger partial charge in [0.2, 0.25) is 0 Å². The molecule has 17 heavy (non-hydrogen) atoms. The number of phenolic OH excluding ortho intramolecular Hbond substituents is 1. The fourth-order valence-electron chi connectivity index (χ4n) is 1.68. The van der Waals surface area contributed by atoms with Gasteiger partial charge in [0.1, 0.15) is 5.75 Å². The molecule has 1 atom stereocenters. The number of rotatable bonds is 6. The van der Waals surface area contributed by atoms with Gasteiger partial charge in [-0.25, -0.2) is 0 Å². The number of phenols is 1. The molecule has 4 heteroatoms. The van der Waals surface area contributed by atoms with Gasteiger partial charge in [0.05, 0.1) is 5.60 Å². The third kappa shape index (κ3) is 4.98. The number of aryl methyl sites for hydroxylation is 1. The van der Waals surface area contributed by atoms with E-state index in [4.69, 9.17) is 0 Å². The first kappa shape index (κ1) is 14.4. The predicted molar refractivity (Wildman–Crippen MR) is 73.6 cm³/mol. The van der Waals surface area contributed by atoms with Crippen LogP contribution in [0.3, 0.4) is 0 Å². The van der Waals surface area contributed by atoms with Crippen LogP contribution in [-0.2, 0) is 6.54 Å². The zero-order valence-corrected chi connectivity index (χ0v) is 11.5. The summed E-state index contributed by atoms with van der Waals surface area (Å²) in [7, 11) is 0. The van der Waals surface area contributed by atoms with E-state index < -0.39 is 5.60 Å². The molecule has 0 aliphatic carbocycles. The lowest BCUT2D eigenvalue weighted by Crippen LogP contribution is -2.39. The van der Waals surface area contributed by atoms with Crippen LogP contribution >= 0.6 is 11.8 Å². The van der Waals surface area contributed by atoms with E-state index in [0.717, 1.165) is 11.1 Å². The Labute approximate surface area is 107 Å². The van der Waals surface area contributed by atoms with Crippen LogP contribution in [-0.4, -0.2) is 34.4 Å². The molecule has 0 amide bonds. The van der Waals surface area contributed by atoms with E-state index in [1.807, 2.05) is 32.2 Å². The van der Waals surface area contributed by atoms with Crippen LogP contribution in [0.25, 0.3) is 0 Å². The second-order valence-electron chi connectivity index (χ2n) is 4.67. The van der Waals surface area contributed by atoms with E-state index in [1.54, 1.807) is 17.8 Å². The van der Waals surface area contributed by atoms with Gasteiger partial charge < -0.3 is 15.5 Å². The number of hydrogen-bond donors (Lipinski definition) is 3. The van der Waals surface area contributed by atoms with Crippen molar-refractivity contribution in [3.05, 3.63) is 29.3 Å². The highest BCUT2D eigenvalue weighted by Crippen LogP contribution is 2.18. The maximum atomic E-state index is 9.97. The molecule has 1 unspecified atom stereocenters. The second kappa shape index (κ2) is 6.28. The standard InChI is InChI=1S/C13H21NO2S/c1-10-4-5-12(15)11(6-10)7-14-8-13(2,16)9-17-3/h4-6,14-16H,7-9H2,1-3H3. The molecule has 96 valence electrons. The Bertz CT molecular complexity index is 366. The summed E-state index contributed by atoms with van der Waals surface area (Å²) in [5.74, 6) is 0.993. The first-order valence-corrected chi connectivity index (χ1v) is 7.04. The Kier molecular flexibility index (Phi) is 5.31. The van der Waals surface area contributed by atoms with Gasteiger partial charge in [0, 0.05) is 24.4 Å². The fourth-order valence-corrected chi connectivity index (χ4v) is 2.41. The summed E-state index contributed by atoms with van der Waals surface area (Å²) in [4.78, 5) is 0. The topological polar surface area (TPSA) is 52.5 Å². The van der Waals surface area contributed by atoms with E-state index in [9.17, 15) is 10.2 Å². The van der Waals surface area contributed by atoms with Gasteiger partial charge in [0.25, 0.3) is 0 Å². The van der Waals surface area contributed by atoms with Crippen LogP contribution in [0, 0.1) is 6.92 Å². The van der Waals surface area contributed by atoms with Gasteiger partial charge in [0.15, 0.2) is 0 Å². The molecule has 0 aliphatic heterocycles. The number of aliphatic hydroxyl groups is 1. The van der Waals surface area contributed by atoms with Crippen molar-refractivity contribution in [3.8, 4) is 5.75 Å². The fraction of sp³-hybridized carbons (Fsp3) is 0.538. The average Bonchev–Trinajstić information content (AvgIpc) is 2.23. The van der Waals surface area contributed by atoms with E-state index >= 15 is 0 Å². The highest BCUT2D eigenvalue weighted by Gasteiger charge is 2.18. The lowest BCUT2D eigenvalue weighted by molar-refractivity contribution is 0.0845. The monoisotopic (exact) mass is 255 g/mol. The average molecular weight is 255 g/mol. The number of nitrogens with one attached hydrogen (secondary N) is 1. The molecule has 1 aromatic rings. The zero-order chi connectivity index (χ0) is 12.9. The van der Waals surface area contributed by atoms with Crippen molar-refractivity contribution in [2.45, 2.75) is 26.0 Å². The summed E-state index contributed by atoms with van der Waals surface area (Å²) < 4.78 is 0. The number of thioether (sulfide) groups is 1. The first-order chi connectivity index (χ1) is 7.94. The van der Waals surface area contributed by atoms with Gasteiger partial charge in [-0.1, -0.05) is 17.7 Å². The minimum Gasteiger partial charge on any atom is -0.508 e. The van der Waals surface area contributed by atoms with E-state index in [1.165, 1.54) is 0 Å². The zero-order valence-electron chi connectivity index (χ0n) is 10.7. The van der Waals surface area contributed by atoms with Crippen molar-refractivity contribution in [2.75, 3.05) is 18.6 Å². The van der Waals surface area contributed by atoms with Crippen LogP contribution in [0.1, 0.15) is 18.1 Å². The highest BCUT2D eigenvalue weighted by atomic mass is 32.2. The Morgan fingerprint density at radius 3 is 2.76 bits per heavy atom. The maximum absolute atomic E-state index is 9.97. The molecule has 0 heterocycles. The molecule has 1 aromatic carbocycles. The Balaban J connectivity index is 2.48. The molecule has 3 N–H and O–H groups in total. The quantitative estimate of drug-likeness (QED) is 0.727. The summed E-state index contributed by atoms with van der Waals surface area (Å²) >= 11 is 1.62.